The molecule has 0 saturated heterocycles. The van der Waals surface area contributed by atoms with Gasteiger partial charge in [-0.1, -0.05) is 13.0 Å². The monoisotopic (exact) mass is 425 g/mol. The van der Waals surface area contributed by atoms with Crippen molar-refractivity contribution < 1.29 is 9.53 Å². The standard InChI is InChI=1S/C22H27N5O4/c1-6-31-17(28)12-27-20(29)18-19(24(5)22(27)30)23-21-25(10-13(2)11-26(18)21)16-8-7-14(3)15(4)9-16/h7-9,13H,6,10-12H2,1-5H3/t13-/m1/s1. The number of fused-ring (bicyclic) bond motifs is 3. The number of ether oxygens (including phenoxy) is 1. The summed E-state index contributed by atoms with van der Waals surface area (Å²) in [5.74, 6) is 0.253. The molecule has 2 aromatic heterocycles. The lowest BCUT2D eigenvalue weighted by Crippen LogP contribution is -2.42. The highest BCUT2D eigenvalue weighted by atomic mass is 16.5. The van der Waals surface area contributed by atoms with Crippen molar-refractivity contribution in [1.82, 2.24) is 18.7 Å². The summed E-state index contributed by atoms with van der Waals surface area (Å²) in [7, 11) is 1.56. The van der Waals surface area contributed by atoms with Crippen molar-refractivity contribution in [1.29, 1.82) is 0 Å². The zero-order chi connectivity index (χ0) is 22.4. The van der Waals surface area contributed by atoms with Crippen LogP contribution in [0.2, 0.25) is 0 Å². The lowest BCUT2D eigenvalue weighted by molar-refractivity contribution is -0.143. The van der Waals surface area contributed by atoms with Crippen LogP contribution in [-0.4, -0.2) is 37.8 Å². The van der Waals surface area contributed by atoms with Gasteiger partial charge in [-0.15, -0.1) is 0 Å². The van der Waals surface area contributed by atoms with Crippen molar-refractivity contribution in [2.24, 2.45) is 13.0 Å². The van der Waals surface area contributed by atoms with Gasteiger partial charge in [-0.25, -0.2) is 9.36 Å². The van der Waals surface area contributed by atoms with E-state index in [1.807, 2.05) is 10.6 Å². The number of hydrogen-bond donors (Lipinski definition) is 0. The minimum Gasteiger partial charge on any atom is -0.465 e. The molecule has 31 heavy (non-hydrogen) atoms. The third-order valence-corrected chi connectivity index (χ3v) is 5.84. The van der Waals surface area contributed by atoms with Crippen LogP contribution in [0.4, 0.5) is 11.6 Å². The summed E-state index contributed by atoms with van der Waals surface area (Å²) >= 11 is 0. The van der Waals surface area contributed by atoms with Crippen LogP contribution in [0.5, 0.6) is 0 Å². The summed E-state index contributed by atoms with van der Waals surface area (Å²) in [6.45, 7) is 9.02. The molecule has 0 fully saturated rings. The third kappa shape index (κ3) is 3.43. The lowest BCUT2D eigenvalue weighted by atomic mass is 10.1. The number of anilines is 2. The Morgan fingerprint density at radius 3 is 2.61 bits per heavy atom. The van der Waals surface area contributed by atoms with E-state index in [1.54, 1.807) is 14.0 Å². The Morgan fingerprint density at radius 1 is 1.19 bits per heavy atom. The number of nitrogens with zero attached hydrogens (tertiary/aromatic N) is 5. The van der Waals surface area contributed by atoms with Gasteiger partial charge < -0.3 is 14.2 Å². The number of rotatable bonds is 4. The summed E-state index contributed by atoms with van der Waals surface area (Å²) in [4.78, 5) is 44.9. The molecule has 0 N–H and O–H groups in total. The van der Waals surface area contributed by atoms with Crippen LogP contribution in [0.3, 0.4) is 0 Å². The summed E-state index contributed by atoms with van der Waals surface area (Å²) in [6.07, 6.45) is 0. The van der Waals surface area contributed by atoms with Gasteiger partial charge in [0.05, 0.1) is 6.61 Å². The zero-order valence-corrected chi connectivity index (χ0v) is 18.5. The van der Waals surface area contributed by atoms with Crippen LogP contribution < -0.4 is 16.1 Å². The molecule has 1 aliphatic heterocycles. The lowest BCUT2D eigenvalue weighted by Gasteiger charge is -2.33. The van der Waals surface area contributed by atoms with Crippen LogP contribution in [0.25, 0.3) is 11.2 Å². The van der Waals surface area contributed by atoms with Gasteiger partial charge in [0.1, 0.15) is 6.54 Å². The first-order valence-electron chi connectivity index (χ1n) is 10.4. The average molecular weight is 425 g/mol. The van der Waals surface area contributed by atoms with E-state index >= 15 is 0 Å². The second-order valence-corrected chi connectivity index (χ2v) is 8.22. The van der Waals surface area contributed by atoms with Crippen molar-refractivity contribution in [3.8, 4) is 0 Å². The molecule has 3 heterocycles. The normalized spacial score (nSPS) is 15.9. The molecule has 1 aromatic carbocycles. The minimum atomic E-state index is -0.621. The fraction of sp³-hybridized carbons (Fsp3) is 0.455. The maximum Gasteiger partial charge on any atom is 0.333 e. The van der Waals surface area contributed by atoms with E-state index in [-0.39, 0.29) is 12.5 Å². The summed E-state index contributed by atoms with van der Waals surface area (Å²) in [6, 6.07) is 6.22. The molecule has 1 aliphatic rings. The molecule has 9 nitrogen and oxygen atoms in total. The number of aromatic nitrogens is 4. The number of aryl methyl sites for hydroxylation is 3. The largest absolute Gasteiger partial charge is 0.465 e. The molecule has 0 spiro atoms. The number of imidazole rings is 1. The van der Waals surface area contributed by atoms with E-state index in [2.05, 4.69) is 37.8 Å². The zero-order valence-electron chi connectivity index (χ0n) is 18.5. The Kier molecular flexibility index (Phi) is 5.20. The Bertz CT molecular complexity index is 1300. The topological polar surface area (TPSA) is 91.4 Å². The quantitative estimate of drug-likeness (QED) is 0.593. The van der Waals surface area contributed by atoms with Gasteiger partial charge >= 0.3 is 11.7 Å². The van der Waals surface area contributed by atoms with Gasteiger partial charge in [-0.05, 0) is 49.9 Å². The molecule has 9 heteroatoms. The number of carbonyl (C=O) groups is 1. The van der Waals surface area contributed by atoms with Gasteiger partial charge in [0.15, 0.2) is 11.2 Å². The Hall–Kier alpha value is -3.36. The fourth-order valence-electron chi connectivity index (χ4n) is 4.09. The molecule has 0 unspecified atom stereocenters. The average Bonchev–Trinajstić information content (AvgIpc) is 3.11. The SMILES string of the molecule is CCOC(=O)Cn1c(=O)c2c(nc3n2C[C@H](C)CN3c2ccc(C)c(C)c2)n(C)c1=O. The van der Waals surface area contributed by atoms with Crippen LogP contribution >= 0.6 is 0 Å². The van der Waals surface area contributed by atoms with Gasteiger partial charge in [-0.3, -0.25) is 14.2 Å². The Labute approximate surface area is 179 Å². The van der Waals surface area contributed by atoms with Crippen molar-refractivity contribution in [2.45, 2.75) is 40.8 Å². The van der Waals surface area contributed by atoms with Crippen molar-refractivity contribution in [2.75, 3.05) is 18.1 Å². The smallest absolute Gasteiger partial charge is 0.333 e. The maximum absolute atomic E-state index is 13.3. The Morgan fingerprint density at radius 2 is 1.94 bits per heavy atom. The van der Waals surface area contributed by atoms with Gasteiger partial charge in [0.25, 0.3) is 5.56 Å². The molecule has 0 amide bonds. The first-order valence-corrected chi connectivity index (χ1v) is 10.4. The van der Waals surface area contributed by atoms with Gasteiger partial charge in [-0.2, -0.15) is 4.98 Å². The number of esters is 1. The highest BCUT2D eigenvalue weighted by Crippen LogP contribution is 2.33. The van der Waals surface area contributed by atoms with Crippen LogP contribution in [0, 0.1) is 19.8 Å². The summed E-state index contributed by atoms with van der Waals surface area (Å²) in [5, 5.41) is 0. The van der Waals surface area contributed by atoms with Gasteiger partial charge in [0, 0.05) is 25.8 Å². The second-order valence-electron chi connectivity index (χ2n) is 8.22. The molecule has 0 bridgehead atoms. The number of hydrogen-bond acceptors (Lipinski definition) is 6. The Balaban J connectivity index is 1.94. The summed E-state index contributed by atoms with van der Waals surface area (Å²) < 4.78 is 9.05. The highest BCUT2D eigenvalue weighted by molar-refractivity contribution is 5.78. The molecular weight excluding hydrogens is 398 g/mol. The minimum absolute atomic E-state index is 0.181. The maximum atomic E-state index is 13.3. The predicted octanol–water partition coefficient (Wildman–Crippen LogP) is 1.86. The molecular formula is C22H27N5O4. The third-order valence-electron chi connectivity index (χ3n) is 5.84. The molecule has 1 atom stereocenters. The van der Waals surface area contributed by atoms with Crippen molar-refractivity contribution in [3.63, 3.8) is 0 Å². The first-order chi connectivity index (χ1) is 14.7. The number of carbonyl (C=O) groups excluding carboxylic acids is 1. The fourth-order valence-corrected chi connectivity index (χ4v) is 4.09. The van der Waals surface area contributed by atoms with E-state index in [9.17, 15) is 14.4 Å². The van der Waals surface area contributed by atoms with E-state index in [0.717, 1.165) is 16.8 Å². The molecule has 0 saturated carbocycles. The highest BCUT2D eigenvalue weighted by Gasteiger charge is 2.30. The molecule has 164 valence electrons. The van der Waals surface area contributed by atoms with E-state index in [0.29, 0.717) is 23.7 Å². The van der Waals surface area contributed by atoms with Crippen molar-refractivity contribution >= 4 is 28.8 Å². The number of benzene rings is 1. The van der Waals surface area contributed by atoms with E-state index in [4.69, 9.17) is 9.72 Å². The van der Waals surface area contributed by atoms with Crippen LogP contribution in [0.15, 0.2) is 27.8 Å². The van der Waals surface area contributed by atoms with Crippen LogP contribution in [-0.2, 0) is 29.7 Å². The molecule has 4 rings (SSSR count). The first kappa shape index (κ1) is 20.9. The van der Waals surface area contributed by atoms with Crippen molar-refractivity contribution in [3.05, 3.63) is 50.2 Å². The summed E-state index contributed by atoms with van der Waals surface area (Å²) in [5.41, 5.74) is 2.87. The van der Waals surface area contributed by atoms with E-state index < -0.39 is 23.8 Å². The van der Waals surface area contributed by atoms with Crippen LogP contribution in [0.1, 0.15) is 25.0 Å². The molecule has 3 aromatic rings. The van der Waals surface area contributed by atoms with Gasteiger partial charge in [0.2, 0.25) is 5.95 Å². The second kappa shape index (κ2) is 7.72. The molecule has 0 radical (unpaired) electrons. The van der Waals surface area contributed by atoms with E-state index in [1.165, 1.54) is 15.7 Å². The predicted molar refractivity (Wildman–Crippen MR) is 118 cm³/mol. The molecule has 0 aliphatic carbocycles.